The van der Waals surface area contributed by atoms with Crippen molar-refractivity contribution >= 4 is 12.1 Å². The Morgan fingerprint density at radius 1 is 1.37 bits per heavy atom. The van der Waals surface area contributed by atoms with Gasteiger partial charge in [0.2, 0.25) is 0 Å². The lowest BCUT2D eigenvalue weighted by atomic mass is 10.2. The Kier molecular flexibility index (Phi) is 3.92. The van der Waals surface area contributed by atoms with Crippen molar-refractivity contribution < 1.29 is 9.53 Å². The number of carbonyl (C=O) groups excluding carboxylic acids is 1. The zero-order valence-corrected chi connectivity index (χ0v) is 10.7. The van der Waals surface area contributed by atoms with E-state index >= 15 is 0 Å². The van der Waals surface area contributed by atoms with E-state index in [1.165, 1.54) is 4.68 Å². The topological polar surface area (TPSA) is 68.5 Å². The number of hydrazone groups is 1. The second kappa shape index (κ2) is 5.81. The van der Waals surface area contributed by atoms with E-state index in [-0.39, 0.29) is 5.91 Å². The number of amides is 1. The maximum atomic E-state index is 11.7. The van der Waals surface area contributed by atoms with Crippen LogP contribution in [0.5, 0.6) is 5.75 Å². The normalized spacial score (nSPS) is 10.6. The number of nitrogens with one attached hydrogen (secondary N) is 1. The third-order valence-corrected chi connectivity index (χ3v) is 2.55. The van der Waals surface area contributed by atoms with Crippen molar-refractivity contribution in [2.24, 2.45) is 12.1 Å². The van der Waals surface area contributed by atoms with Gasteiger partial charge >= 0.3 is 0 Å². The van der Waals surface area contributed by atoms with E-state index in [9.17, 15) is 4.79 Å². The van der Waals surface area contributed by atoms with Crippen LogP contribution in [0.3, 0.4) is 0 Å². The van der Waals surface area contributed by atoms with Crippen molar-refractivity contribution in [3.8, 4) is 5.75 Å². The second-order valence-electron chi connectivity index (χ2n) is 3.81. The third kappa shape index (κ3) is 3.19. The minimum atomic E-state index is -0.301. The molecule has 0 fully saturated rings. The molecular formula is C13H14N4O2. The van der Waals surface area contributed by atoms with Gasteiger partial charge in [0.1, 0.15) is 11.4 Å². The van der Waals surface area contributed by atoms with Gasteiger partial charge in [-0.15, -0.1) is 0 Å². The number of benzene rings is 1. The number of hydrogen-bond acceptors (Lipinski definition) is 4. The largest absolute Gasteiger partial charge is 0.497 e. The molecule has 1 heterocycles. The minimum absolute atomic E-state index is 0.301. The monoisotopic (exact) mass is 258 g/mol. The number of methoxy groups -OCH3 is 1. The molecule has 6 heteroatoms. The standard InChI is InChI=1S/C13H14N4O2/c1-17-12(7-8-15-17)13(18)16-14-9-10-3-5-11(19-2)6-4-10/h3-9H,1-2H3,(H,16,18). The van der Waals surface area contributed by atoms with Gasteiger partial charge in [-0.05, 0) is 35.9 Å². The summed E-state index contributed by atoms with van der Waals surface area (Å²) in [5.41, 5.74) is 3.76. The van der Waals surface area contributed by atoms with Gasteiger partial charge in [-0.1, -0.05) is 0 Å². The molecule has 0 spiro atoms. The smallest absolute Gasteiger partial charge is 0.289 e. The van der Waals surface area contributed by atoms with Gasteiger partial charge in [0.15, 0.2) is 0 Å². The average molecular weight is 258 g/mol. The average Bonchev–Trinajstić information content (AvgIpc) is 2.86. The Hall–Kier alpha value is -2.63. The zero-order valence-electron chi connectivity index (χ0n) is 10.7. The fourth-order valence-electron chi connectivity index (χ4n) is 1.51. The van der Waals surface area contributed by atoms with Crippen LogP contribution in [0, 0.1) is 0 Å². The van der Waals surface area contributed by atoms with Crippen LogP contribution < -0.4 is 10.2 Å². The molecule has 0 bridgehead atoms. The lowest BCUT2D eigenvalue weighted by Crippen LogP contribution is -2.20. The fraction of sp³-hybridized carbons (Fsp3) is 0.154. The molecule has 2 aromatic rings. The molecule has 1 aromatic carbocycles. The van der Waals surface area contributed by atoms with Gasteiger partial charge in [-0.2, -0.15) is 10.2 Å². The Morgan fingerprint density at radius 3 is 2.68 bits per heavy atom. The Morgan fingerprint density at radius 2 is 2.11 bits per heavy atom. The van der Waals surface area contributed by atoms with E-state index in [1.807, 2.05) is 24.3 Å². The maximum absolute atomic E-state index is 11.7. The Balaban J connectivity index is 1.96. The summed E-state index contributed by atoms with van der Waals surface area (Å²) in [5, 5.41) is 7.80. The zero-order chi connectivity index (χ0) is 13.7. The van der Waals surface area contributed by atoms with E-state index in [1.54, 1.807) is 32.6 Å². The highest BCUT2D eigenvalue weighted by Gasteiger charge is 2.07. The Labute approximate surface area is 110 Å². The molecule has 6 nitrogen and oxygen atoms in total. The van der Waals surface area contributed by atoms with Gasteiger partial charge in [0.25, 0.3) is 5.91 Å². The lowest BCUT2D eigenvalue weighted by Gasteiger charge is -2.00. The first kappa shape index (κ1) is 12.8. The number of aryl methyl sites for hydroxylation is 1. The van der Waals surface area contributed by atoms with Crippen LogP contribution in [-0.2, 0) is 7.05 Å². The van der Waals surface area contributed by atoms with Crippen molar-refractivity contribution in [2.45, 2.75) is 0 Å². The molecule has 98 valence electrons. The van der Waals surface area contributed by atoms with Gasteiger partial charge in [-0.3, -0.25) is 9.48 Å². The van der Waals surface area contributed by atoms with Gasteiger partial charge in [0.05, 0.1) is 13.3 Å². The first-order chi connectivity index (χ1) is 9.20. The first-order valence-electron chi connectivity index (χ1n) is 5.66. The number of aromatic nitrogens is 2. The van der Waals surface area contributed by atoms with E-state index in [0.29, 0.717) is 5.69 Å². The van der Waals surface area contributed by atoms with Crippen LogP contribution in [0.1, 0.15) is 16.1 Å². The number of carbonyl (C=O) groups is 1. The SMILES string of the molecule is COc1ccc(C=NNC(=O)c2ccnn2C)cc1. The highest BCUT2D eigenvalue weighted by molar-refractivity contribution is 5.93. The molecular weight excluding hydrogens is 244 g/mol. The molecule has 19 heavy (non-hydrogen) atoms. The summed E-state index contributed by atoms with van der Waals surface area (Å²) in [6.07, 6.45) is 3.12. The summed E-state index contributed by atoms with van der Waals surface area (Å²) in [5.74, 6) is 0.473. The van der Waals surface area contributed by atoms with Crippen LogP contribution in [0.4, 0.5) is 0 Å². The molecule has 1 aromatic heterocycles. The van der Waals surface area contributed by atoms with Gasteiger partial charge in [-0.25, -0.2) is 5.43 Å². The fourth-order valence-corrected chi connectivity index (χ4v) is 1.51. The summed E-state index contributed by atoms with van der Waals surface area (Å²) in [4.78, 5) is 11.7. The summed E-state index contributed by atoms with van der Waals surface area (Å²) in [7, 11) is 3.30. The van der Waals surface area contributed by atoms with E-state index < -0.39 is 0 Å². The van der Waals surface area contributed by atoms with Crippen molar-refractivity contribution in [2.75, 3.05) is 7.11 Å². The molecule has 0 aliphatic carbocycles. The number of hydrogen-bond donors (Lipinski definition) is 1. The van der Waals surface area contributed by atoms with Crippen molar-refractivity contribution in [3.63, 3.8) is 0 Å². The third-order valence-electron chi connectivity index (χ3n) is 2.55. The minimum Gasteiger partial charge on any atom is -0.497 e. The van der Waals surface area contributed by atoms with Crippen LogP contribution in [0.15, 0.2) is 41.6 Å². The molecule has 1 amide bonds. The Bertz CT molecular complexity index is 587. The lowest BCUT2D eigenvalue weighted by molar-refractivity contribution is 0.0945. The highest BCUT2D eigenvalue weighted by atomic mass is 16.5. The maximum Gasteiger partial charge on any atom is 0.289 e. The molecule has 2 rings (SSSR count). The second-order valence-corrected chi connectivity index (χ2v) is 3.81. The van der Waals surface area contributed by atoms with Crippen LogP contribution in [0.25, 0.3) is 0 Å². The van der Waals surface area contributed by atoms with Crippen LogP contribution >= 0.6 is 0 Å². The molecule has 0 saturated carbocycles. The van der Waals surface area contributed by atoms with E-state index in [4.69, 9.17) is 4.74 Å². The van der Waals surface area contributed by atoms with Crippen LogP contribution in [0.2, 0.25) is 0 Å². The summed E-state index contributed by atoms with van der Waals surface area (Å²) >= 11 is 0. The number of ether oxygens (including phenoxy) is 1. The molecule has 1 N–H and O–H groups in total. The summed E-state index contributed by atoms with van der Waals surface area (Å²) in [6.45, 7) is 0. The first-order valence-corrected chi connectivity index (χ1v) is 5.66. The predicted octanol–water partition coefficient (Wildman–Crippen LogP) is 1.19. The highest BCUT2D eigenvalue weighted by Crippen LogP contribution is 2.09. The van der Waals surface area contributed by atoms with Crippen LogP contribution in [-0.4, -0.2) is 29.0 Å². The molecule has 0 unspecified atom stereocenters. The van der Waals surface area contributed by atoms with Gasteiger partial charge < -0.3 is 4.74 Å². The number of rotatable bonds is 4. The molecule has 0 aliphatic heterocycles. The molecule has 0 aliphatic rings. The molecule has 0 atom stereocenters. The predicted molar refractivity (Wildman–Crippen MR) is 71.3 cm³/mol. The van der Waals surface area contributed by atoms with Crippen molar-refractivity contribution in [3.05, 3.63) is 47.8 Å². The van der Waals surface area contributed by atoms with E-state index in [0.717, 1.165) is 11.3 Å². The van der Waals surface area contributed by atoms with Gasteiger partial charge in [0, 0.05) is 13.2 Å². The van der Waals surface area contributed by atoms with E-state index in [2.05, 4.69) is 15.6 Å². The summed E-state index contributed by atoms with van der Waals surface area (Å²) < 4.78 is 6.53. The van der Waals surface area contributed by atoms with Crippen molar-refractivity contribution in [1.29, 1.82) is 0 Å². The molecule has 0 saturated heterocycles. The van der Waals surface area contributed by atoms with Crippen molar-refractivity contribution in [1.82, 2.24) is 15.2 Å². The molecule has 0 radical (unpaired) electrons. The number of nitrogens with zero attached hydrogens (tertiary/aromatic N) is 3. The quantitative estimate of drug-likeness (QED) is 0.661. The summed E-state index contributed by atoms with van der Waals surface area (Å²) in [6, 6.07) is 8.96.